The molecule has 2 N–H and O–H groups in total. The largest absolute Gasteiger partial charge is 0.493 e. The summed E-state index contributed by atoms with van der Waals surface area (Å²) in [7, 11) is 1.56. The quantitative estimate of drug-likeness (QED) is 0.469. The van der Waals surface area contributed by atoms with Crippen molar-refractivity contribution in [1.29, 1.82) is 0 Å². The standard InChI is InChI=1S/C30H38N6O5/c1-4-12-36-18-29(37)31-23-11-13-35(17-28-32-27(5-2)33-34-28)16-26(23)40-19-20-7-6-8-22(14-20)41-25-15-21(30(36)38)9-10-24(25)39-3/h6-10,14-15,23,26H,4-5,11-13,16-19H2,1-3H3,(H,31,37)(H,32,33,34)/t23-,26-/m0/s1. The number of piperidine rings is 1. The van der Waals surface area contributed by atoms with Crippen molar-refractivity contribution in [2.24, 2.45) is 0 Å². The van der Waals surface area contributed by atoms with Crippen LogP contribution < -0.4 is 14.8 Å². The van der Waals surface area contributed by atoms with E-state index in [1.54, 1.807) is 30.2 Å². The number of likely N-dealkylation sites (tertiary alicyclic amines) is 1. The number of rotatable bonds is 6. The summed E-state index contributed by atoms with van der Waals surface area (Å²) in [6.45, 7) is 6.76. The summed E-state index contributed by atoms with van der Waals surface area (Å²) in [5, 5.41) is 10.5. The number of nitrogens with zero attached hydrogens (tertiary/aromatic N) is 4. The molecule has 11 nitrogen and oxygen atoms in total. The molecule has 2 aromatic carbocycles. The number of benzene rings is 2. The second kappa shape index (κ2) is 13.1. The SMILES string of the molecule is CCCN1CC(=O)N[C@H]2CCN(Cc3nc(CC)n[nH]3)C[C@@H]2OCc2cccc(c2)Oc2cc(ccc2OC)C1=O. The van der Waals surface area contributed by atoms with Crippen molar-refractivity contribution in [3.63, 3.8) is 0 Å². The minimum atomic E-state index is -0.262. The Balaban J connectivity index is 1.42. The van der Waals surface area contributed by atoms with Crippen LogP contribution >= 0.6 is 0 Å². The number of carbonyl (C=O) groups is 2. The van der Waals surface area contributed by atoms with Crippen LogP contribution in [-0.4, -0.2) is 82.2 Å². The molecule has 0 spiro atoms. The van der Waals surface area contributed by atoms with Crippen LogP contribution in [0.15, 0.2) is 42.5 Å². The molecule has 1 saturated heterocycles. The Bertz CT molecular complexity index is 1360. The van der Waals surface area contributed by atoms with Crippen LogP contribution in [0, 0.1) is 0 Å². The van der Waals surface area contributed by atoms with Crippen molar-refractivity contribution < 1.29 is 23.8 Å². The Kier molecular flexibility index (Phi) is 9.15. The van der Waals surface area contributed by atoms with E-state index in [9.17, 15) is 9.59 Å². The number of hydrogen-bond donors (Lipinski definition) is 2. The fourth-order valence-corrected chi connectivity index (χ4v) is 5.28. The lowest BCUT2D eigenvalue weighted by Crippen LogP contribution is -2.56. The number of aryl methyl sites for hydroxylation is 1. The van der Waals surface area contributed by atoms with E-state index in [1.807, 2.05) is 38.1 Å². The third-order valence-corrected chi connectivity index (χ3v) is 7.37. The molecule has 218 valence electrons. The van der Waals surface area contributed by atoms with Crippen LogP contribution in [0.4, 0.5) is 0 Å². The second-order valence-electron chi connectivity index (χ2n) is 10.4. The van der Waals surface area contributed by atoms with E-state index in [4.69, 9.17) is 14.2 Å². The van der Waals surface area contributed by atoms with E-state index in [-0.39, 0.29) is 30.5 Å². The molecule has 4 bridgehead atoms. The maximum Gasteiger partial charge on any atom is 0.254 e. The van der Waals surface area contributed by atoms with Crippen LogP contribution in [0.2, 0.25) is 0 Å². The maximum absolute atomic E-state index is 13.5. The Labute approximate surface area is 240 Å². The number of aromatic nitrogens is 3. The van der Waals surface area contributed by atoms with E-state index >= 15 is 0 Å². The molecule has 3 aromatic rings. The fraction of sp³-hybridized carbons (Fsp3) is 0.467. The van der Waals surface area contributed by atoms with E-state index in [0.29, 0.717) is 55.5 Å². The monoisotopic (exact) mass is 562 g/mol. The Morgan fingerprint density at radius 3 is 2.80 bits per heavy atom. The Morgan fingerprint density at radius 2 is 2.02 bits per heavy atom. The van der Waals surface area contributed by atoms with Crippen LogP contribution in [0.25, 0.3) is 0 Å². The van der Waals surface area contributed by atoms with Crippen molar-refractivity contribution in [3.8, 4) is 17.2 Å². The van der Waals surface area contributed by atoms with Gasteiger partial charge in [0.25, 0.3) is 5.91 Å². The van der Waals surface area contributed by atoms with Gasteiger partial charge in [0.15, 0.2) is 11.5 Å². The van der Waals surface area contributed by atoms with Crippen LogP contribution in [0.1, 0.15) is 54.3 Å². The highest BCUT2D eigenvalue weighted by molar-refractivity contribution is 5.97. The summed E-state index contributed by atoms with van der Waals surface area (Å²) in [4.78, 5) is 35.2. The molecule has 5 rings (SSSR count). The van der Waals surface area contributed by atoms with Gasteiger partial charge in [0.05, 0.1) is 39.0 Å². The maximum atomic E-state index is 13.5. The van der Waals surface area contributed by atoms with Crippen LogP contribution in [0.5, 0.6) is 17.2 Å². The average Bonchev–Trinajstić information content (AvgIpc) is 3.44. The molecule has 0 unspecified atom stereocenters. The summed E-state index contributed by atoms with van der Waals surface area (Å²) in [6, 6.07) is 12.5. The molecule has 0 aliphatic carbocycles. The van der Waals surface area contributed by atoms with E-state index < -0.39 is 0 Å². The molecular weight excluding hydrogens is 524 g/mol. The third-order valence-electron chi connectivity index (χ3n) is 7.37. The summed E-state index contributed by atoms with van der Waals surface area (Å²) in [6.07, 6.45) is 1.94. The van der Waals surface area contributed by atoms with Gasteiger partial charge in [-0.25, -0.2) is 4.98 Å². The molecule has 2 aliphatic heterocycles. The highest BCUT2D eigenvalue weighted by Gasteiger charge is 2.32. The second-order valence-corrected chi connectivity index (χ2v) is 10.4. The van der Waals surface area contributed by atoms with Crippen molar-refractivity contribution in [1.82, 2.24) is 30.3 Å². The first-order valence-corrected chi connectivity index (χ1v) is 14.2. The highest BCUT2D eigenvalue weighted by Crippen LogP contribution is 2.33. The van der Waals surface area contributed by atoms with Crippen LogP contribution in [0.3, 0.4) is 0 Å². The number of H-pyrrole nitrogens is 1. The first kappa shape index (κ1) is 28.6. The summed E-state index contributed by atoms with van der Waals surface area (Å²) >= 11 is 0. The third kappa shape index (κ3) is 7.04. The molecule has 2 aliphatic rings. The summed E-state index contributed by atoms with van der Waals surface area (Å²) in [5.41, 5.74) is 1.36. The zero-order valence-corrected chi connectivity index (χ0v) is 23.9. The topological polar surface area (TPSA) is 122 Å². The van der Waals surface area contributed by atoms with Gasteiger partial charge in [-0.3, -0.25) is 19.6 Å². The average molecular weight is 563 g/mol. The van der Waals surface area contributed by atoms with Gasteiger partial charge in [-0.1, -0.05) is 26.0 Å². The molecule has 1 aromatic heterocycles. The number of fused-ring (bicyclic) bond motifs is 5. The van der Waals surface area contributed by atoms with Gasteiger partial charge in [-0.2, -0.15) is 5.10 Å². The Hall–Kier alpha value is -3.96. The van der Waals surface area contributed by atoms with Gasteiger partial charge in [-0.15, -0.1) is 0 Å². The number of methoxy groups -OCH3 is 1. The van der Waals surface area contributed by atoms with Gasteiger partial charge in [0, 0.05) is 31.6 Å². The van der Waals surface area contributed by atoms with Crippen molar-refractivity contribution in [2.75, 3.05) is 33.3 Å². The van der Waals surface area contributed by atoms with Crippen molar-refractivity contribution in [2.45, 2.75) is 58.4 Å². The van der Waals surface area contributed by atoms with Crippen molar-refractivity contribution >= 4 is 11.8 Å². The van der Waals surface area contributed by atoms with E-state index in [0.717, 1.165) is 36.6 Å². The minimum Gasteiger partial charge on any atom is -0.493 e. The number of hydrogen-bond acceptors (Lipinski definition) is 8. The van der Waals surface area contributed by atoms with E-state index in [1.165, 1.54) is 0 Å². The molecule has 11 heteroatoms. The molecule has 3 heterocycles. The highest BCUT2D eigenvalue weighted by atomic mass is 16.5. The minimum absolute atomic E-state index is 0.0429. The molecule has 2 amide bonds. The van der Waals surface area contributed by atoms with Gasteiger partial charge in [-0.05, 0) is 48.7 Å². The number of amides is 2. The first-order chi connectivity index (χ1) is 19.9. The molecule has 0 radical (unpaired) electrons. The van der Waals surface area contributed by atoms with Gasteiger partial charge in [0.1, 0.15) is 17.4 Å². The number of carbonyl (C=O) groups excluding carboxylic acids is 2. The van der Waals surface area contributed by atoms with E-state index in [2.05, 4.69) is 25.4 Å². The zero-order valence-electron chi connectivity index (χ0n) is 23.9. The lowest BCUT2D eigenvalue weighted by molar-refractivity contribution is -0.125. The lowest BCUT2D eigenvalue weighted by Gasteiger charge is -2.38. The van der Waals surface area contributed by atoms with Crippen LogP contribution in [-0.2, 0) is 29.1 Å². The summed E-state index contributed by atoms with van der Waals surface area (Å²) < 4.78 is 18.1. The predicted octanol–water partition coefficient (Wildman–Crippen LogP) is 3.31. The van der Waals surface area contributed by atoms with Gasteiger partial charge in [0.2, 0.25) is 5.91 Å². The molecular formula is C30H38N6O5. The zero-order chi connectivity index (χ0) is 28.8. The molecule has 41 heavy (non-hydrogen) atoms. The Morgan fingerprint density at radius 1 is 1.15 bits per heavy atom. The number of aromatic amines is 1. The van der Waals surface area contributed by atoms with Gasteiger partial charge >= 0.3 is 0 Å². The molecule has 1 fully saturated rings. The molecule has 2 atom stereocenters. The predicted molar refractivity (Wildman–Crippen MR) is 152 cm³/mol. The fourth-order valence-electron chi connectivity index (χ4n) is 5.28. The van der Waals surface area contributed by atoms with Crippen molar-refractivity contribution in [3.05, 3.63) is 65.2 Å². The summed E-state index contributed by atoms with van der Waals surface area (Å²) in [5.74, 6) is 2.70. The number of nitrogens with one attached hydrogen (secondary N) is 2. The normalized spacial score (nSPS) is 20.2. The molecule has 0 saturated carbocycles. The smallest absolute Gasteiger partial charge is 0.254 e. The van der Waals surface area contributed by atoms with Gasteiger partial charge < -0.3 is 24.4 Å². The first-order valence-electron chi connectivity index (χ1n) is 14.2. The number of ether oxygens (including phenoxy) is 3. The lowest BCUT2D eigenvalue weighted by atomic mass is 10.0.